The number of nitrogens with zero attached hydrogens (tertiary/aromatic N) is 2. The summed E-state index contributed by atoms with van der Waals surface area (Å²) >= 11 is 7.50. The predicted octanol–water partition coefficient (Wildman–Crippen LogP) is 4.70. The van der Waals surface area contributed by atoms with Gasteiger partial charge in [0.2, 0.25) is 0 Å². The van der Waals surface area contributed by atoms with E-state index >= 15 is 0 Å². The van der Waals surface area contributed by atoms with Crippen LogP contribution in [0.15, 0.2) is 46.3 Å². The molecule has 0 aliphatic carbocycles. The van der Waals surface area contributed by atoms with E-state index in [0.717, 1.165) is 12.1 Å². The van der Waals surface area contributed by atoms with Crippen LogP contribution in [0.1, 0.15) is 18.1 Å². The third-order valence-electron chi connectivity index (χ3n) is 4.06. The van der Waals surface area contributed by atoms with E-state index in [0.29, 0.717) is 32.2 Å². The second-order valence-electron chi connectivity index (χ2n) is 5.98. The molecule has 2 aromatic rings. The van der Waals surface area contributed by atoms with Crippen molar-refractivity contribution >= 4 is 46.2 Å². The Morgan fingerprint density at radius 1 is 1.31 bits per heavy atom. The lowest BCUT2D eigenvalue weighted by atomic mass is 10.2. The van der Waals surface area contributed by atoms with Gasteiger partial charge in [-0.15, -0.1) is 0 Å². The molecule has 0 atom stereocenters. The number of aliphatic imine (C=N–C) groups is 1. The molecule has 0 spiro atoms. The first-order valence-corrected chi connectivity index (χ1v) is 9.99. The van der Waals surface area contributed by atoms with E-state index in [1.807, 2.05) is 30.3 Å². The monoisotopic (exact) mass is 427 g/mol. The van der Waals surface area contributed by atoms with Crippen LogP contribution in [0.4, 0.5) is 5.69 Å². The molecule has 1 fully saturated rings. The summed E-state index contributed by atoms with van der Waals surface area (Å²) < 4.78 is 10.6. The highest BCUT2D eigenvalue weighted by atomic mass is 35.5. The fourth-order valence-electron chi connectivity index (χ4n) is 2.62. The van der Waals surface area contributed by atoms with E-state index in [1.165, 1.54) is 24.4 Å². The second kappa shape index (κ2) is 9.50. The van der Waals surface area contributed by atoms with Crippen LogP contribution in [0, 0.1) is 11.3 Å². The molecule has 3 rings (SSSR count). The standard InChI is InChI=1S/C21H18ClN3O3S/c1-3-13-4-6-15(7-5-13)24-21-25-20(26)18(29-21)12-14-10-16(22)19(28-9-8-23)17(11-14)27-2/h4-7,10-12H,3,9H2,1-2H3,(H,24,25,26)/b18-12+. The number of amides is 1. The summed E-state index contributed by atoms with van der Waals surface area (Å²) in [6, 6.07) is 13.1. The van der Waals surface area contributed by atoms with Crippen LogP contribution in [0.2, 0.25) is 5.02 Å². The Kier molecular flexibility index (Phi) is 6.81. The van der Waals surface area contributed by atoms with Crippen LogP contribution >= 0.6 is 23.4 Å². The summed E-state index contributed by atoms with van der Waals surface area (Å²) in [7, 11) is 1.48. The highest BCUT2D eigenvalue weighted by Gasteiger charge is 2.24. The summed E-state index contributed by atoms with van der Waals surface area (Å²) in [5.74, 6) is 0.436. The fourth-order valence-corrected chi connectivity index (χ4v) is 3.74. The van der Waals surface area contributed by atoms with Crippen molar-refractivity contribution in [2.24, 2.45) is 4.99 Å². The first kappa shape index (κ1) is 20.8. The predicted molar refractivity (Wildman–Crippen MR) is 116 cm³/mol. The van der Waals surface area contributed by atoms with Crippen molar-refractivity contribution in [3.63, 3.8) is 0 Å². The van der Waals surface area contributed by atoms with E-state index in [9.17, 15) is 4.79 Å². The van der Waals surface area contributed by atoms with E-state index in [2.05, 4.69) is 17.2 Å². The maximum atomic E-state index is 12.3. The number of aryl methyl sites for hydroxylation is 1. The van der Waals surface area contributed by atoms with Crippen LogP contribution in [0.25, 0.3) is 6.08 Å². The highest BCUT2D eigenvalue weighted by Crippen LogP contribution is 2.38. The molecular formula is C21H18ClN3O3S. The van der Waals surface area contributed by atoms with E-state index in [1.54, 1.807) is 18.2 Å². The van der Waals surface area contributed by atoms with Gasteiger partial charge in [0.1, 0.15) is 6.07 Å². The minimum atomic E-state index is -0.237. The smallest absolute Gasteiger partial charge is 0.264 e. The average molecular weight is 428 g/mol. The average Bonchev–Trinajstić information content (AvgIpc) is 3.06. The Morgan fingerprint density at radius 3 is 2.72 bits per heavy atom. The van der Waals surface area contributed by atoms with Gasteiger partial charge in [-0.25, -0.2) is 4.99 Å². The summed E-state index contributed by atoms with van der Waals surface area (Å²) in [6.07, 6.45) is 2.66. The SMILES string of the molecule is CCc1ccc(N=C2NC(=O)/C(=C\c3cc(Cl)c(OCC#N)c(OC)c3)S2)cc1. The van der Waals surface area contributed by atoms with Gasteiger partial charge in [-0.1, -0.05) is 30.7 Å². The minimum absolute atomic E-state index is 0.145. The topological polar surface area (TPSA) is 83.7 Å². The number of hydrogen-bond acceptors (Lipinski definition) is 6. The second-order valence-corrected chi connectivity index (χ2v) is 7.42. The van der Waals surface area contributed by atoms with Gasteiger partial charge in [0, 0.05) is 0 Å². The van der Waals surface area contributed by atoms with E-state index in [-0.39, 0.29) is 12.5 Å². The number of ether oxygens (including phenoxy) is 2. The van der Waals surface area contributed by atoms with Gasteiger partial charge in [-0.2, -0.15) is 5.26 Å². The van der Waals surface area contributed by atoms with Gasteiger partial charge >= 0.3 is 0 Å². The van der Waals surface area contributed by atoms with Crippen LogP contribution in [0.3, 0.4) is 0 Å². The summed E-state index contributed by atoms with van der Waals surface area (Å²) in [4.78, 5) is 17.3. The third-order valence-corrected chi connectivity index (χ3v) is 5.25. The molecule has 8 heteroatoms. The summed E-state index contributed by atoms with van der Waals surface area (Å²) in [5, 5.41) is 12.3. The molecular weight excluding hydrogens is 410 g/mol. The maximum absolute atomic E-state index is 12.3. The molecule has 0 saturated carbocycles. The first-order chi connectivity index (χ1) is 14.0. The molecule has 1 heterocycles. The number of thioether (sulfide) groups is 1. The number of rotatable bonds is 6. The number of nitriles is 1. The highest BCUT2D eigenvalue weighted by molar-refractivity contribution is 8.18. The number of carbonyl (C=O) groups excluding carboxylic acids is 1. The van der Waals surface area contributed by atoms with E-state index < -0.39 is 0 Å². The molecule has 0 unspecified atom stereocenters. The molecule has 1 saturated heterocycles. The van der Waals surface area contributed by atoms with Crippen molar-refractivity contribution in [1.29, 1.82) is 5.26 Å². The molecule has 29 heavy (non-hydrogen) atoms. The lowest BCUT2D eigenvalue weighted by Gasteiger charge is -2.11. The minimum Gasteiger partial charge on any atom is -0.493 e. The lowest BCUT2D eigenvalue weighted by Crippen LogP contribution is -2.19. The number of hydrogen-bond donors (Lipinski definition) is 1. The van der Waals surface area contributed by atoms with Gasteiger partial charge in [0.05, 0.1) is 22.7 Å². The number of methoxy groups -OCH3 is 1. The number of halogens is 1. The van der Waals surface area contributed by atoms with Crippen LogP contribution < -0.4 is 14.8 Å². The fraction of sp³-hybridized carbons (Fsp3) is 0.190. The number of benzene rings is 2. The number of amidine groups is 1. The van der Waals surface area contributed by atoms with Gasteiger partial charge in [0.25, 0.3) is 5.91 Å². The zero-order valence-corrected chi connectivity index (χ0v) is 17.4. The Hall–Kier alpha value is -2.95. The van der Waals surface area contributed by atoms with Crippen molar-refractivity contribution in [3.8, 4) is 17.6 Å². The zero-order chi connectivity index (χ0) is 20.8. The molecule has 6 nitrogen and oxygen atoms in total. The molecule has 0 bridgehead atoms. The van der Waals surface area contributed by atoms with Crippen molar-refractivity contribution in [3.05, 3.63) is 57.5 Å². The summed E-state index contributed by atoms with van der Waals surface area (Å²) in [5.41, 5.74) is 2.67. The largest absolute Gasteiger partial charge is 0.493 e. The molecule has 2 aromatic carbocycles. The lowest BCUT2D eigenvalue weighted by molar-refractivity contribution is -0.115. The number of nitrogens with one attached hydrogen (secondary N) is 1. The summed E-state index contributed by atoms with van der Waals surface area (Å²) in [6.45, 7) is 1.95. The van der Waals surface area contributed by atoms with Gasteiger partial charge < -0.3 is 14.8 Å². The number of carbonyl (C=O) groups is 1. The molecule has 1 amide bonds. The molecule has 1 aliphatic rings. The molecule has 0 aromatic heterocycles. The van der Waals surface area contributed by atoms with Crippen LogP contribution in [-0.2, 0) is 11.2 Å². The first-order valence-electron chi connectivity index (χ1n) is 8.79. The van der Waals surface area contributed by atoms with Gasteiger partial charge in [0.15, 0.2) is 23.3 Å². The van der Waals surface area contributed by atoms with Gasteiger partial charge in [-0.3, -0.25) is 4.79 Å². The van der Waals surface area contributed by atoms with E-state index in [4.69, 9.17) is 26.3 Å². The Balaban J connectivity index is 1.83. The van der Waals surface area contributed by atoms with Crippen LogP contribution in [0.5, 0.6) is 11.5 Å². The molecule has 1 aliphatic heterocycles. The zero-order valence-electron chi connectivity index (χ0n) is 15.9. The van der Waals surface area contributed by atoms with Crippen molar-refractivity contribution in [2.75, 3.05) is 13.7 Å². The molecule has 0 radical (unpaired) electrons. The normalized spacial score (nSPS) is 16.0. The Morgan fingerprint density at radius 2 is 2.07 bits per heavy atom. The molecule has 1 N–H and O–H groups in total. The quantitative estimate of drug-likeness (QED) is 0.675. The van der Waals surface area contributed by atoms with Crippen LogP contribution in [-0.4, -0.2) is 24.8 Å². The molecule has 148 valence electrons. The maximum Gasteiger partial charge on any atom is 0.264 e. The third kappa shape index (κ3) is 5.11. The Labute approximate surface area is 178 Å². The van der Waals surface area contributed by atoms with Crippen molar-refractivity contribution in [1.82, 2.24) is 5.32 Å². The Bertz CT molecular complexity index is 1030. The van der Waals surface area contributed by atoms with Gasteiger partial charge in [-0.05, 0) is 59.7 Å². The van der Waals surface area contributed by atoms with Crippen molar-refractivity contribution < 1.29 is 14.3 Å². The van der Waals surface area contributed by atoms with Crippen molar-refractivity contribution in [2.45, 2.75) is 13.3 Å².